The molecule has 0 aliphatic rings. The fourth-order valence-corrected chi connectivity index (χ4v) is 2.81. The van der Waals surface area contributed by atoms with Crippen LogP contribution in [0.15, 0.2) is 48.7 Å². The van der Waals surface area contributed by atoms with E-state index in [1.807, 2.05) is 25.1 Å². The maximum Gasteiger partial charge on any atom is 0.263 e. The maximum absolute atomic E-state index is 14.1. The number of rotatable bonds is 5. The number of anilines is 1. The van der Waals surface area contributed by atoms with Crippen molar-refractivity contribution >= 4 is 23.3 Å². The van der Waals surface area contributed by atoms with Crippen molar-refractivity contribution in [1.29, 1.82) is 0 Å². The van der Waals surface area contributed by atoms with Gasteiger partial charge in [-0.3, -0.25) is 4.79 Å². The van der Waals surface area contributed by atoms with Crippen molar-refractivity contribution in [2.24, 2.45) is 0 Å². The van der Waals surface area contributed by atoms with Gasteiger partial charge in [-0.15, -0.1) is 0 Å². The molecule has 5 nitrogen and oxygen atoms in total. The van der Waals surface area contributed by atoms with Crippen molar-refractivity contribution < 1.29 is 13.9 Å². The molecule has 0 aliphatic carbocycles. The van der Waals surface area contributed by atoms with E-state index in [-0.39, 0.29) is 11.3 Å². The SMILES string of the molecule is COc1cccc(F)c1C(=O)Nc1c(C)cnn1Cc1ccccc1Cl. The molecule has 2 aromatic carbocycles. The first kappa shape index (κ1) is 17.9. The van der Waals surface area contributed by atoms with Crippen LogP contribution >= 0.6 is 11.6 Å². The van der Waals surface area contributed by atoms with Gasteiger partial charge in [-0.05, 0) is 30.7 Å². The topological polar surface area (TPSA) is 56.1 Å². The van der Waals surface area contributed by atoms with Crippen LogP contribution in [0.1, 0.15) is 21.5 Å². The molecule has 0 atom stereocenters. The number of ether oxygens (including phenoxy) is 1. The lowest BCUT2D eigenvalue weighted by atomic mass is 10.1. The van der Waals surface area contributed by atoms with E-state index < -0.39 is 11.7 Å². The molecule has 0 saturated heterocycles. The summed E-state index contributed by atoms with van der Waals surface area (Å²) in [5, 5.41) is 7.62. The second-order valence-corrected chi connectivity index (χ2v) is 6.10. The number of nitrogens with one attached hydrogen (secondary N) is 1. The second-order valence-electron chi connectivity index (χ2n) is 5.70. The number of aryl methyl sites for hydroxylation is 1. The molecule has 1 aromatic heterocycles. The highest BCUT2D eigenvalue weighted by molar-refractivity contribution is 6.31. The van der Waals surface area contributed by atoms with E-state index >= 15 is 0 Å². The monoisotopic (exact) mass is 373 g/mol. The van der Waals surface area contributed by atoms with Crippen molar-refractivity contribution in [1.82, 2.24) is 9.78 Å². The minimum Gasteiger partial charge on any atom is -0.496 e. The fraction of sp³-hybridized carbons (Fsp3) is 0.158. The standard InChI is InChI=1S/C19H17ClFN3O2/c1-12-10-22-24(11-13-6-3-4-7-14(13)20)18(12)23-19(25)17-15(21)8-5-9-16(17)26-2/h3-10H,11H2,1-2H3,(H,23,25). The molecule has 1 N–H and O–H groups in total. The quantitative estimate of drug-likeness (QED) is 0.725. The smallest absolute Gasteiger partial charge is 0.263 e. The van der Waals surface area contributed by atoms with Crippen LogP contribution in [0.5, 0.6) is 5.75 Å². The average Bonchev–Trinajstić information content (AvgIpc) is 2.96. The molecular formula is C19H17ClFN3O2. The third kappa shape index (κ3) is 3.55. The summed E-state index contributed by atoms with van der Waals surface area (Å²) in [7, 11) is 1.39. The van der Waals surface area contributed by atoms with Crippen molar-refractivity contribution in [2.75, 3.05) is 12.4 Å². The Hall–Kier alpha value is -2.86. The Morgan fingerprint density at radius 2 is 2.04 bits per heavy atom. The highest BCUT2D eigenvalue weighted by Crippen LogP contribution is 2.25. The fourth-order valence-electron chi connectivity index (χ4n) is 2.61. The van der Waals surface area contributed by atoms with Gasteiger partial charge in [-0.25, -0.2) is 9.07 Å². The van der Waals surface area contributed by atoms with E-state index in [1.54, 1.807) is 16.9 Å². The largest absolute Gasteiger partial charge is 0.496 e. The third-order valence-electron chi connectivity index (χ3n) is 3.95. The normalized spacial score (nSPS) is 10.6. The van der Waals surface area contributed by atoms with Crippen LogP contribution in [-0.4, -0.2) is 22.8 Å². The van der Waals surface area contributed by atoms with Crippen LogP contribution in [0.2, 0.25) is 5.02 Å². The van der Waals surface area contributed by atoms with Gasteiger partial charge in [0.15, 0.2) is 0 Å². The molecule has 26 heavy (non-hydrogen) atoms. The summed E-state index contributed by atoms with van der Waals surface area (Å²) < 4.78 is 20.8. The number of benzene rings is 2. The molecule has 1 amide bonds. The van der Waals surface area contributed by atoms with Gasteiger partial charge < -0.3 is 10.1 Å². The molecule has 3 aromatic rings. The maximum atomic E-state index is 14.1. The molecule has 3 rings (SSSR count). The number of nitrogens with zero attached hydrogens (tertiary/aromatic N) is 2. The zero-order chi connectivity index (χ0) is 18.7. The first-order valence-corrected chi connectivity index (χ1v) is 8.28. The zero-order valence-electron chi connectivity index (χ0n) is 14.3. The Labute approximate surface area is 155 Å². The van der Waals surface area contributed by atoms with Gasteiger partial charge in [-0.2, -0.15) is 5.10 Å². The number of halogens is 2. The molecule has 0 radical (unpaired) electrons. The zero-order valence-corrected chi connectivity index (χ0v) is 15.0. The predicted octanol–water partition coefficient (Wildman–Crippen LogP) is 4.29. The summed E-state index contributed by atoms with van der Waals surface area (Å²) in [5.41, 5.74) is 1.46. The van der Waals surface area contributed by atoms with E-state index in [0.717, 1.165) is 11.1 Å². The summed E-state index contributed by atoms with van der Waals surface area (Å²) in [6, 6.07) is 11.6. The van der Waals surface area contributed by atoms with E-state index in [9.17, 15) is 9.18 Å². The highest BCUT2D eigenvalue weighted by atomic mass is 35.5. The number of carbonyl (C=O) groups excluding carboxylic acids is 1. The number of amides is 1. The lowest BCUT2D eigenvalue weighted by Gasteiger charge is -2.13. The molecule has 7 heteroatoms. The first-order valence-electron chi connectivity index (χ1n) is 7.91. The van der Waals surface area contributed by atoms with Crippen molar-refractivity contribution in [3.05, 3.63) is 76.2 Å². The number of carbonyl (C=O) groups is 1. The van der Waals surface area contributed by atoms with Crippen LogP contribution in [0.25, 0.3) is 0 Å². The van der Waals surface area contributed by atoms with Gasteiger partial charge in [0.2, 0.25) is 0 Å². The number of methoxy groups -OCH3 is 1. The van der Waals surface area contributed by atoms with Gasteiger partial charge in [0.05, 0.1) is 19.9 Å². The van der Waals surface area contributed by atoms with Crippen LogP contribution < -0.4 is 10.1 Å². The Balaban J connectivity index is 1.91. The van der Waals surface area contributed by atoms with Gasteiger partial charge >= 0.3 is 0 Å². The van der Waals surface area contributed by atoms with Crippen molar-refractivity contribution in [2.45, 2.75) is 13.5 Å². The van der Waals surface area contributed by atoms with Crippen molar-refractivity contribution in [3.8, 4) is 5.75 Å². The third-order valence-corrected chi connectivity index (χ3v) is 4.32. The van der Waals surface area contributed by atoms with Crippen LogP contribution in [0, 0.1) is 12.7 Å². The molecule has 0 fully saturated rings. The number of aromatic nitrogens is 2. The molecule has 1 heterocycles. The summed E-state index contributed by atoms with van der Waals surface area (Å²) in [4.78, 5) is 12.6. The van der Waals surface area contributed by atoms with Gasteiger partial charge in [0, 0.05) is 10.6 Å². The van der Waals surface area contributed by atoms with Gasteiger partial charge in [0.1, 0.15) is 22.9 Å². The Morgan fingerprint density at radius 1 is 1.27 bits per heavy atom. The van der Waals surface area contributed by atoms with Crippen molar-refractivity contribution in [3.63, 3.8) is 0 Å². The first-order chi connectivity index (χ1) is 12.5. The Kier molecular flexibility index (Phi) is 5.23. The summed E-state index contributed by atoms with van der Waals surface area (Å²) >= 11 is 6.20. The molecule has 0 saturated carbocycles. The predicted molar refractivity (Wildman–Crippen MR) is 98.4 cm³/mol. The van der Waals surface area contributed by atoms with Crippen LogP contribution in [0.3, 0.4) is 0 Å². The van der Waals surface area contributed by atoms with E-state index in [4.69, 9.17) is 16.3 Å². The minimum atomic E-state index is -0.656. The second kappa shape index (κ2) is 7.58. The lowest BCUT2D eigenvalue weighted by molar-refractivity contribution is 0.101. The number of hydrogen-bond acceptors (Lipinski definition) is 3. The molecule has 134 valence electrons. The van der Waals surface area contributed by atoms with Gasteiger partial charge in [0.25, 0.3) is 5.91 Å². The molecular weight excluding hydrogens is 357 g/mol. The van der Waals surface area contributed by atoms with E-state index in [2.05, 4.69) is 10.4 Å². The van der Waals surface area contributed by atoms with Crippen LogP contribution in [0.4, 0.5) is 10.2 Å². The Bertz CT molecular complexity index is 956. The van der Waals surface area contributed by atoms with E-state index in [1.165, 1.54) is 25.3 Å². The minimum absolute atomic E-state index is 0.153. The van der Waals surface area contributed by atoms with Gasteiger partial charge in [-0.1, -0.05) is 35.9 Å². The molecule has 0 spiro atoms. The van der Waals surface area contributed by atoms with Crippen LogP contribution in [-0.2, 0) is 6.54 Å². The number of hydrogen-bond donors (Lipinski definition) is 1. The summed E-state index contributed by atoms with van der Waals surface area (Å²) in [6.45, 7) is 2.18. The molecule has 0 bridgehead atoms. The molecule has 0 aliphatic heterocycles. The lowest BCUT2D eigenvalue weighted by Crippen LogP contribution is -2.19. The van der Waals surface area contributed by atoms with E-state index in [0.29, 0.717) is 17.4 Å². The highest BCUT2D eigenvalue weighted by Gasteiger charge is 2.20. The Morgan fingerprint density at radius 3 is 2.77 bits per heavy atom. The summed E-state index contributed by atoms with van der Waals surface area (Å²) in [6.07, 6.45) is 1.63. The summed E-state index contributed by atoms with van der Waals surface area (Å²) in [5.74, 6) is -0.627. The average molecular weight is 374 g/mol. The molecule has 0 unspecified atom stereocenters.